The van der Waals surface area contributed by atoms with Crippen LogP contribution in [0.2, 0.25) is 0 Å². The summed E-state index contributed by atoms with van der Waals surface area (Å²) >= 11 is 0. The maximum absolute atomic E-state index is 12.9. The number of ether oxygens (including phenoxy) is 1. The number of anilines is 1. The smallest absolute Gasteiger partial charge is 0.240 e. The molecular formula is C23H33N3O5S. The molecule has 2 aliphatic heterocycles. The fourth-order valence-electron chi connectivity index (χ4n) is 5.22. The molecule has 2 fully saturated rings. The van der Waals surface area contributed by atoms with Gasteiger partial charge in [-0.25, -0.2) is 13.1 Å². The van der Waals surface area contributed by atoms with Crippen LogP contribution in [0.3, 0.4) is 0 Å². The van der Waals surface area contributed by atoms with Gasteiger partial charge in [0, 0.05) is 44.2 Å². The molecule has 1 aromatic carbocycles. The van der Waals surface area contributed by atoms with Gasteiger partial charge in [0.25, 0.3) is 0 Å². The SMILES string of the molecule is CC(=O)N1c2ccc(S(=O)(=O)NCC3CCC(C(=O)N4CCOCC4)CC3)cc2C[C@H]1C. The van der Waals surface area contributed by atoms with Crippen LogP contribution in [0, 0.1) is 11.8 Å². The highest BCUT2D eigenvalue weighted by Crippen LogP contribution is 2.34. The van der Waals surface area contributed by atoms with Crippen LogP contribution in [0.15, 0.2) is 23.1 Å². The zero-order chi connectivity index (χ0) is 22.9. The number of nitrogens with one attached hydrogen (secondary N) is 1. The Balaban J connectivity index is 1.31. The molecular weight excluding hydrogens is 430 g/mol. The molecule has 1 saturated carbocycles. The number of fused-ring (bicyclic) bond motifs is 1. The summed E-state index contributed by atoms with van der Waals surface area (Å²) in [7, 11) is -3.63. The van der Waals surface area contributed by atoms with Crippen molar-refractivity contribution in [2.45, 2.75) is 56.9 Å². The summed E-state index contributed by atoms with van der Waals surface area (Å²) < 4.78 is 33.9. The highest BCUT2D eigenvalue weighted by atomic mass is 32.2. The lowest BCUT2D eigenvalue weighted by Crippen LogP contribution is -2.44. The molecule has 0 unspecified atom stereocenters. The van der Waals surface area contributed by atoms with Crippen LogP contribution in [-0.2, 0) is 30.8 Å². The van der Waals surface area contributed by atoms with Gasteiger partial charge < -0.3 is 14.5 Å². The third-order valence-corrected chi connectivity index (χ3v) is 8.42. The third-order valence-electron chi connectivity index (χ3n) is 7.00. The number of morpholine rings is 1. The minimum Gasteiger partial charge on any atom is -0.378 e. The second-order valence-electron chi connectivity index (χ2n) is 9.24. The van der Waals surface area contributed by atoms with E-state index in [0.29, 0.717) is 39.3 Å². The minimum absolute atomic E-state index is 0.0313. The Morgan fingerprint density at radius 3 is 2.47 bits per heavy atom. The second kappa shape index (κ2) is 9.49. The number of hydrogen-bond donors (Lipinski definition) is 1. The van der Waals surface area contributed by atoms with Gasteiger partial charge in [-0.15, -0.1) is 0 Å². The summed E-state index contributed by atoms with van der Waals surface area (Å²) in [6, 6.07) is 5.03. The Kier molecular flexibility index (Phi) is 6.88. The monoisotopic (exact) mass is 463 g/mol. The fraction of sp³-hybridized carbons (Fsp3) is 0.652. The van der Waals surface area contributed by atoms with Crippen LogP contribution < -0.4 is 9.62 Å². The van der Waals surface area contributed by atoms with Crippen molar-refractivity contribution in [3.8, 4) is 0 Å². The number of amides is 2. The van der Waals surface area contributed by atoms with Crippen LogP contribution >= 0.6 is 0 Å². The molecule has 1 aliphatic carbocycles. The van der Waals surface area contributed by atoms with E-state index in [1.807, 2.05) is 11.8 Å². The molecule has 3 aliphatic rings. The Hall–Kier alpha value is -1.97. The number of benzene rings is 1. The molecule has 0 spiro atoms. The molecule has 8 nitrogen and oxygen atoms in total. The quantitative estimate of drug-likeness (QED) is 0.720. The van der Waals surface area contributed by atoms with E-state index in [4.69, 9.17) is 4.74 Å². The Labute approximate surface area is 190 Å². The normalized spacial score (nSPS) is 26.1. The summed E-state index contributed by atoms with van der Waals surface area (Å²) in [5.74, 6) is 0.469. The highest BCUT2D eigenvalue weighted by molar-refractivity contribution is 7.89. The van der Waals surface area contributed by atoms with E-state index in [1.165, 1.54) is 6.92 Å². The van der Waals surface area contributed by atoms with Gasteiger partial charge in [-0.1, -0.05) is 0 Å². The zero-order valence-corrected chi connectivity index (χ0v) is 19.7. The Morgan fingerprint density at radius 1 is 1.12 bits per heavy atom. The lowest BCUT2D eigenvalue weighted by Gasteiger charge is -2.34. The molecule has 1 saturated heterocycles. The second-order valence-corrected chi connectivity index (χ2v) is 11.0. The molecule has 0 radical (unpaired) electrons. The zero-order valence-electron chi connectivity index (χ0n) is 18.9. The summed E-state index contributed by atoms with van der Waals surface area (Å²) in [6.45, 7) is 6.43. The van der Waals surface area contributed by atoms with Crippen molar-refractivity contribution in [2.24, 2.45) is 11.8 Å². The van der Waals surface area contributed by atoms with Crippen molar-refractivity contribution in [1.82, 2.24) is 9.62 Å². The minimum atomic E-state index is -3.63. The maximum atomic E-state index is 12.9. The van der Waals surface area contributed by atoms with Gasteiger partial charge in [0.15, 0.2) is 0 Å². The van der Waals surface area contributed by atoms with Crippen LogP contribution in [0.1, 0.15) is 45.1 Å². The number of carbonyl (C=O) groups is 2. The molecule has 1 N–H and O–H groups in total. The first-order chi connectivity index (χ1) is 15.3. The first-order valence-electron chi connectivity index (χ1n) is 11.5. The van der Waals surface area contributed by atoms with Gasteiger partial charge in [0.2, 0.25) is 21.8 Å². The molecule has 2 heterocycles. The first kappa shape index (κ1) is 23.2. The lowest BCUT2D eigenvalue weighted by molar-refractivity contribution is -0.141. The molecule has 1 aromatic rings. The van der Waals surface area contributed by atoms with Crippen LogP contribution in [0.5, 0.6) is 0 Å². The van der Waals surface area contributed by atoms with Crippen LogP contribution in [0.4, 0.5) is 5.69 Å². The topological polar surface area (TPSA) is 96.0 Å². The Morgan fingerprint density at radius 2 is 1.81 bits per heavy atom. The van der Waals surface area contributed by atoms with E-state index in [-0.39, 0.29) is 34.6 Å². The predicted octanol–water partition coefficient (Wildman–Crippen LogP) is 1.93. The lowest BCUT2D eigenvalue weighted by atomic mass is 9.81. The molecule has 9 heteroatoms. The van der Waals surface area contributed by atoms with Gasteiger partial charge in [0.1, 0.15) is 0 Å². The molecule has 0 aromatic heterocycles. The van der Waals surface area contributed by atoms with Crippen molar-refractivity contribution in [3.05, 3.63) is 23.8 Å². The van der Waals surface area contributed by atoms with Crippen LogP contribution in [-0.4, -0.2) is 64.0 Å². The standard InChI is InChI=1S/C23H33N3O5S/c1-16-13-20-14-21(7-8-22(20)26(16)17(2)27)32(29,30)24-15-18-3-5-19(6-4-18)23(28)25-9-11-31-12-10-25/h7-8,14,16,18-19,24H,3-6,9-13,15H2,1-2H3/t16-,18?,19?/m1/s1. The van der Waals surface area contributed by atoms with Gasteiger partial charge in [0.05, 0.1) is 18.1 Å². The molecule has 1 atom stereocenters. The van der Waals surface area contributed by atoms with Crippen molar-refractivity contribution in [1.29, 1.82) is 0 Å². The van der Waals surface area contributed by atoms with Gasteiger partial charge in [-0.3, -0.25) is 9.59 Å². The summed E-state index contributed by atoms with van der Waals surface area (Å²) in [6.07, 6.45) is 3.96. The van der Waals surface area contributed by atoms with Gasteiger partial charge >= 0.3 is 0 Å². The average molecular weight is 464 g/mol. The molecule has 2 amide bonds. The summed E-state index contributed by atoms with van der Waals surface area (Å²) in [4.78, 5) is 28.4. The van der Waals surface area contributed by atoms with Crippen molar-refractivity contribution >= 4 is 27.5 Å². The predicted molar refractivity (Wildman–Crippen MR) is 121 cm³/mol. The fourth-order valence-corrected chi connectivity index (χ4v) is 6.39. The van der Waals surface area contributed by atoms with E-state index in [0.717, 1.165) is 36.9 Å². The molecule has 176 valence electrons. The number of nitrogens with zero attached hydrogens (tertiary/aromatic N) is 2. The van der Waals surface area contributed by atoms with Crippen molar-refractivity contribution in [3.63, 3.8) is 0 Å². The van der Waals surface area contributed by atoms with Crippen molar-refractivity contribution in [2.75, 3.05) is 37.7 Å². The molecule has 0 bridgehead atoms. The average Bonchev–Trinajstić information content (AvgIpc) is 3.13. The third kappa shape index (κ3) is 4.84. The van der Waals surface area contributed by atoms with E-state index in [9.17, 15) is 18.0 Å². The summed E-state index contributed by atoms with van der Waals surface area (Å²) in [5, 5.41) is 0. The largest absolute Gasteiger partial charge is 0.378 e. The van der Waals surface area contributed by atoms with E-state index < -0.39 is 10.0 Å². The van der Waals surface area contributed by atoms with Gasteiger partial charge in [-0.05, 0) is 68.7 Å². The molecule has 4 rings (SSSR count). The number of rotatable bonds is 5. The Bertz CT molecular complexity index is 966. The van der Waals surface area contributed by atoms with Crippen molar-refractivity contribution < 1.29 is 22.7 Å². The highest BCUT2D eigenvalue weighted by Gasteiger charge is 2.32. The number of carbonyl (C=O) groups excluding carboxylic acids is 2. The number of sulfonamides is 1. The number of hydrogen-bond acceptors (Lipinski definition) is 5. The van der Waals surface area contributed by atoms with Gasteiger partial charge in [-0.2, -0.15) is 0 Å². The molecule has 32 heavy (non-hydrogen) atoms. The first-order valence-corrected chi connectivity index (χ1v) is 13.0. The van der Waals surface area contributed by atoms with E-state index in [2.05, 4.69) is 4.72 Å². The summed E-state index contributed by atoms with van der Waals surface area (Å²) in [5.41, 5.74) is 1.69. The maximum Gasteiger partial charge on any atom is 0.240 e. The van der Waals surface area contributed by atoms with E-state index >= 15 is 0 Å². The van der Waals surface area contributed by atoms with E-state index in [1.54, 1.807) is 23.1 Å². The van der Waals surface area contributed by atoms with Crippen LogP contribution in [0.25, 0.3) is 0 Å².